The number of carboxylic acids is 2. The molecule has 0 radical (unpaired) electrons. The minimum absolute atomic E-state index is 0.0575. The molecule has 0 aliphatic carbocycles. The van der Waals surface area contributed by atoms with Gasteiger partial charge in [-0.2, -0.15) is 0 Å². The van der Waals surface area contributed by atoms with E-state index in [2.05, 4.69) is 9.97 Å². The molecule has 0 spiro atoms. The van der Waals surface area contributed by atoms with Gasteiger partial charge in [-0.1, -0.05) is 12.1 Å². The molecule has 1 aromatic carbocycles. The molecule has 1 aromatic heterocycles. The van der Waals surface area contributed by atoms with Crippen molar-refractivity contribution in [1.82, 2.24) is 19.8 Å². The fourth-order valence-corrected chi connectivity index (χ4v) is 2.58. The molecule has 0 fully saturated rings. The van der Waals surface area contributed by atoms with E-state index in [0.717, 1.165) is 16.9 Å². The van der Waals surface area contributed by atoms with Crippen LogP contribution in [0.15, 0.2) is 24.3 Å². The van der Waals surface area contributed by atoms with Crippen LogP contribution in [0.25, 0.3) is 11.0 Å². The standard InChI is InChI=1S/C16H22N4O5/c21-8-7-19(5-6-20(10-15(22)23)11-16(24)25)9-14-17-12-3-1-2-4-13(12)18-14/h1-4,21H,5-11H2,(H,17,18)(H,22,23)(H,24,25). The number of hydrogen-bond donors (Lipinski definition) is 4. The van der Waals surface area contributed by atoms with Crippen molar-refractivity contribution < 1.29 is 24.9 Å². The average molecular weight is 350 g/mol. The number of nitrogens with zero attached hydrogens (tertiary/aromatic N) is 3. The summed E-state index contributed by atoms with van der Waals surface area (Å²) >= 11 is 0. The smallest absolute Gasteiger partial charge is 0.317 e. The van der Waals surface area contributed by atoms with Crippen molar-refractivity contribution in [3.05, 3.63) is 30.1 Å². The van der Waals surface area contributed by atoms with Crippen LogP contribution in [0.2, 0.25) is 0 Å². The molecule has 0 aliphatic heterocycles. The van der Waals surface area contributed by atoms with Crippen LogP contribution in [-0.4, -0.2) is 86.4 Å². The van der Waals surface area contributed by atoms with Gasteiger partial charge in [0.15, 0.2) is 0 Å². The Hall–Kier alpha value is -2.49. The highest BCUT2D eigenvalue weighted by Gasteiger charge is 2.16. The van der Waals surface area contributed by atoms with Gasteiger partial charge in [0, 0.05) is 19.6 Å². The average Bonchev–Trinajstić information content (AvgIpc) is 2.93. The Bertz CT molecular complexity index is 668. The van der Waals surface area contributed by atoms with Crippen molar-refractivity contribution >= 4 is 23.0 Å². The predicted octanol–water partition coefficient (Wildman–Crippen LogP) is -0.172. The molecule has 9 heteroatoms. The molecule has 0 saturated carbocycles. The van der Waals surface area contributed by atoms with Crippen molar-refractivity contribution in [3.8, 4) is 0 Å². The number of aromatic nitrogens is 2. The number of aromatic amines is 1. The maximum Gasteiger partial charge on any atom is 0.317 e. The summed E-state index contributed by atoms with van der Waals surface area (Å²) in [6, 6.07) is 7.62. The Labute approximate surface area is 144 Å². The molecule has 0 aliphatic rings. The third-order valence-electron chi connectivity index (χ3n) is 3.68. The maximum absolute atomic E-state index is 10.8. The Morgan fingerprint density at radius 2 is 1.64 bits per heavy atom. The van der Waals surface area contributed by atoms with Crippen molar-refractivity contribution in [1.29, 1.82) is 0 Å². The zero-order valence-corrected chi connectivity index (χ0v) is 13.8. The van der Waals surface area contributed by atoms with E-state index in [-0.39, 0.29) is 26.2 Å². The highest BCUT2D eigenvalue weighted by molar-refractivity contribution is 5.74. The van der Waals surface area contributed by atoms with Gasteiger partial charge < -0.3 is 20.3 Å². The number of aliphatic hydroxyl groups is 1. The normalized spacial score (nSPS) is 11.5. The lowest BCUT2D eigenvalue weighted by atomic mass is 10.3. The number of aliphatic carboxylic acids is 2. The van der Waals surface area contributed by atoms with Gasteiger partial charge in [-0.25, -0.2) is 4.98 Å². The van der Waals surface area contributed by atoms with Gasteiger partial charge in [0.05, 0.1) is 37.3 Å². The van der Waals surface area contributed by atoms with E-state index < -0.39 is 11.9 Å². The molecule has 0 amide bonds. The molecular formula is C16H22N4O5. The first-order valence-electron chi connectivity index (χ1n) is 7.90. The number of aliphatic hydroxyl groups excluding tert-OH is 1. The zero-order chi connectivity index (χ0) is 18.2. The van der Waals surface area contributed by atoms with Gasteiger partial charge in [0.2, 0.25) is 0 Å². The summed E-state index contributed by atoms with van der Waals surface area (Å²) in [7, 11) is 0. The van der Waals surface area contributed by atoms with Gasteiger partial charge >= 0.3 is 11.9 Å². The Morgan fingerprint density at radius 1 is 1.00 bits per heavy atom. The van der Waals surface area contributed by atoms with Crippen molar-refractivity contribution in [3.63, 3.8) is 0 Å². The molecule has 0 atom stereocenters. The molecule has 0 unspecified atom stereocenters. The lowest BCUT2D eigenvalue weighted by Crippen LogP contribution is -2.41. The quantitative estimate of drug-likeness (QED) is 0.439. The second-order valence-corrected chi connectivity index (χ2v) is 5.70. The van der Waals surface area contributed by atoms with Crippen LogP contribution in [0.4, 0.5) is 0 Å². The number of hydrogen-bond acceptors (Lipinski definition) is 6. The van der Waals surface area contributed by atoms with E-state index in [1.165, 1.54) is 4.90 Å². The number of para-hydroxylation sites is 2. The molecule has 2 aromatic rings. The van der Waals surface area contributed by atoms with Crippen LogP contribution >= 0.6 is 0 Å². The molecule has 4 N–H and O–H groups in total. The number of fused-ring (bicyclic) bond motifs is 1. The molecule has 136 valence electrons. The van der Waals surface area contributed by atoms with E-state index in [4.69, 9.17) is 10.2 Å². The summed E-state index contributed by atoms with van der Waals surface area (Å²) in [5.41, 5.74) is 1.76. The van der Waals surface area contributed by atoms with E-state index >= 15 is 0 Å². The zero-order valence-electron chi connectivity index (χ0n) is 13.8. The van der Waals surface area contributed by atoms with E-state index in [0.29, 0.717) is 19.6 Å². The summed E-state index contributed by atoms with van der Waals surface area (Å²) in [5, 5.41) is 27.0. The second kappa shape index (κ2) is 9.11. The van der Waals surface area contributed by atoms with Crippen molar-refractivity contribution in [2.24, 2.45) is 0 Å². The maximum atomic E-state index is 10.8. The lowest BCUT2D eigenvalue weighted by Gasteiger charge is -2.24. The molecule has 2 rings (SSSR count). The van der Waals surface area contributed by atoms with Crippen LogP contribution in [0, 0.1) is 0 Å². The van der Waals surface area contributed by atoms with Crippen molar-refractivity contribution in [2.75, 3.05) is 39.3 Å². The summed E-state index contributed by atoms with van der Waals surface area (Å²) in [6.07, 6.45) is 0. The molecule has 9 nitrogen and oxygen atoms in total. The first-order valence-corrected chi connectivity index (χ1v) is 7.90. The number of carbonyl (C=O) groups is 2. The first-order chi connectivity index (χ1) is 12.0. The van der Waals surface area contributed by atoms with Crippen LogP contribution in [0.1, 0.15) is 5.82 Å². The number of nitrogens with one attached hydrogen (secondary N) is 1. The summed E-state index contributed by atoms with van der Waals surface area (Å²) in [4.78, 5) is 32.6. The van der Waals surface area contributed by atoms with Crippen LogP contribution < -0.4 is 0 Å². The van der Waals surface area contributed by atoms with Gasteiger partial charge in [0.1, 0.15) is 5.82 Å². The number of benzene rings is 1. The van der Waals surface area contributed by atoms with Crippen LogP contribution in [-0.2, 0) is 16.1 Å². The summed E-state index contributed by atoms with van der Waals surface area (Å²) in [6.45, 7) is 0.761. The summed E-state index contributed by atoms with van der Waals surface area (Å²) in [5.74, 6) is -1.42. The topological polar surface area (TPSA) is 130 Å². The number of rotatable bonds is 11. The fourth-order valence-electron chi connectivity index (χ4n) is 2.58. The van der Waals surface area contributed by atoms with Crippen LogP contribution in [0.5, 0.6) is 0 Å². The highest BCUT2D eigenvalue weighted by atomic mass is 16.4. The Morgan fingerprint density at radius 3 is 2.24 bits per heavy atom. The van der Waals surface area contributed by atoms with Gasteiger partial charge in [0.25, 0.3) is 0 Å². The van der Waals surface area contributed by atoms with Crippen molar-refractivity contribution in [2.45, 2.75) is 6.54 Å². The Kier molecular flexibility index (Phi) is 6.87. The largest absolute Gasteiger partial charge is 0.480 e. The third kappa shape index (κ3) is 6.14. The Balaban J connectivity index is 1.98. The SMILES string of the molecule is O=C(O)CN(CCN(CCO)Cc1nc2ccccc2[nH]1)CC(=O)O. The minimum atomic E-state index is -1.08. The predicted molar refractivity (Wildman–Crippen MR) is 90.2 cm³/mol. The molecule has 0 saturated heterocycles. The van der Waals surface area contributed by atoms with E-state index in [1.54, 1.807) is 0 Å². The van der Waals surface area contributed by atoms with E-state index in [1.807, 2.05) is 29.2 Å². The lowest BCUT2D eigenvalue weighted by molar-refractivity contribution is -0.141. The van der Waals surface area contributed by atoms with Gasteiger partial charge in [-0.15, -0.1) is 0 Å². The highest BCUT2D eigenvalue weighted by Crippen LogP contribution is 2.11. The van der Waals surface area contributed by atoms with Gasteiger partial charge in [-0.05, 0) is 12.1 Å². The first kappa shape index (κ1) is 18.8. The summed E-state index contributed by atoms with van der Waals surface area (Å²) < 4.78 is 0. The van der Waals surface area contributed by atoms with Gasteiger partial charge in [-0.3, -0.25) is 19.4 Å². The second-order valence-electron chi connectivity index (χ2n) is 5.70. The monoisotopic (exact) mass is 350 g/mol. The molecule has 25 heavy (non-hydrogen) atoms. The number of carboxylic acid groups (broad SMARTS) is 2. The number of imidazole rings is 1. The molecule has 0 bridgehead atoms. The van der Waals surface area contributed by atoms with E-state index in [9.17, 15) is 14.7 Å². The fraction of sp³-hybridized carbons (Fsp3) is 0.438. The third-order valence-corrected chi connectivity index (χ3v) is 3.68. The number of H-pyrrole nitrogens is 1. The molecular weight excluding hydrogens is 328 g/mol. The van der Waals surface area contributed by atoms with Crippen LogP contribution in [0.3, 0.4) is 0 Å². The molecule has 1 heterocycles. The minimum Gasteiger partial charge on any atom is -0.480 e.